The summed E-state index contributed by atoms with van der Waals surface area (Å²) in [5.74, 6) is 0.158. The summed E-state index contributed by atoms with van der Waals surface area (Å²) >= 11 is 11.5. The van der Waals surface area contributed by atoms with Crippen LogP contribution in [0.3, 0.4) is 0 Å². The van der Waals surface area contributed by atoms with Gasteiger partial charge in [0.1, 0.15) is 6.61 Å². The zero-order chi connectivity index (χ0) is 15.2. The monoisotopic (exact) mass is 330 g/mol. The van der Waals surface area contributed by atoms with Crippen molar-refractivity contribution in [1.29, 1.82) is 0 Å². The number of nitrogens with zero attached hydrogens (tertiary/aromatic N) is 2. The molecule has 2 amide bonds. The van der Waals surface area contributed by atoms with E-state index < -0.39 is 0 Å². The molecule has 0 bridgehead atoms. The highest BCUT2D eigenvalue weighted by atomic mass is 35.5. The molecule has 7 heteroatoms. The third kappa shape index (κ3) is 4.02. The lowest BCUT2D eigenvalue weighted by atomic mass is 10.2. The van der Waals surface area contributed by atoms with Gasteiger partial charge in [0, 0.05) is 26.2 Å². The van der Waals surface area contributed by atoms with Crippen LogP contribution >= 0.6 is 23.2 Å². The van der Waals surface area contributed by atoms with Gasteiger partial charge in [-0.3, -0.25) is 4.79 Å². The molecule has 0 aromatic heterocycles. The number of hydrogen-bond acceptors (Lipinski definition) is 3. The molecule has 0 spiro atoms. The number of amides is 2. The van der Waals surface area contributed by atoms with Crippen LogP contribution in [-0.4, -0.2) is 60.5 Å². The van der Waals surface area contributed by atoms with Crippen LogP contribution in [-0.2, 0) is 4.74 Å². The first-order valence-electron chi connectivity index (χ1n) is 6.65. The molecule has 0 unspecified atom stereocenters. The normalized spacial score (nSPS) is 15.0. The summed E-state index contributed by atoms with van der Waals surface area (Å²) in [4.78, 5) is 27.3. The second-order valence-electron chi connectivity index (χ2n) is 4.56. The van der Waals surface area contributed by atoms with E-state index in [0.717, 1.165) is 0 Å². The molecule has 1 heterocycles. The van der Waals surface area contributed by atoms with Crippen molar-refractivity contribution in [1.82, 2.24) is 9.80 Å². The first-order chi connectivity index (χ1) is 10.1. The van der Waals surface area contributed by atoms with E-state index in [1.807, 2.05) is 0 Å². The number of halogens is 2. The van der Waals surface area contributed by atoms with Crippen molar-refractivity contribution in [2.75, 3.05) is 38.7 Å². The average Bonchev–Trinajstić information content (AvgIpc) is 2.52. The van der Waals surface area contributed by atoms with Crippen LogP contribution in [0, 0.1) is 0 Å². The molecule has 1 saturated heterocycles. The fourth-order valence-electron chi connectivity index (χ4n) is 2.11. The third-order valence-corrected chi connectivity index (χ3v) is 3.72. The second kappa shape index (κ2) is 7.52. The van der Waals surface area contributed by atoms with E-state index in [1.165, 1.54) is 0 Å². The van der Waals surface area contributed by atoms with Gasteiger partial charge in [-0.1, -0.05) is 23.7 Å². The Bertz CT molecular complexity index is 517. The van der Waals surface area contributed by atoms with Crippen LogP contribution < -0.4 is 0 Å². The van der Waals surface area contributed by atoms with E-state index in [1.54, 1.807) is 34.1 Å². The average molecular weight is 331 g/mol. The lowest BCUT2D eigenvalue weighted by Crippen LogP contribution is -2.50. The van der Waals surface area contributed by atoms with E-state index in [9.17, 15) is 9.59 Å². The van der Waals surface area contributed by atoms with Gasteiger partial charge in [-0.25, -0.2) is 4.79 Å². The topological polar surface area (TPSA) is 49.9 Å². The van der Waals surface area contributed by atoms with Gasteiger partial charge in [-0.05, 0) is 12.1 Å². The van der Waals surface area contributed by atoms with Gasteiger partial charge in [-0.15, -0.1) is 11.6 Å². The highest BCUT2D eigenvalue weighted by Gasteiger charge is 2.26. The summed E-state index contributed by atoms with van der Waals surface area (Å²) in [6, 6.07) is 6.95. The van der Waals surface area contributed by atoms with E-state index in [0.29, 0.717) is 36.8 Å². The summed E-state index contributed by atoms with van der Waals surface area (Å²) in [5, 5.41) is 0.437. The molecule has 1 aliphatic heterocycles. The van der Waals surface area contributed by atoms with Gasteiger partial charge in [0.25, 0.3) is 5.91 Å². The number of alkyl halides is 1. The molecule has 1 aromatic carbocycles. The Morgan fingerprint density at radius 1 is 1.10 bits per heavy atom. The van der Waals surface area contributed by atoms with E-state index >= 15 is 0 Å². The van der Waals surface area contributed by atoms with Gasteiger partial charge in [0.2, 0.25) is 0 Å². The highest BCUT2D eigenvalue weighted by Crippen LogP contribution is 2.18. The first kappa shape index (κ1) is 15.9. The molecule has 0 atom stereocenters. The van der Waals surface area contributed by atoms with Gasteiger partial charge in [-0.2, -0.15) is 0 Å². The largest absolute Gasteiger partial charge is 0.448 e. The van der Waals surface area contributed by atoms with Crippen molar-refractivity contribution < 1.29 is 14.3 Å². The van der Waals surface area contributed by atoms with Crippen LogP contribution in [0.5, 0.6) is 0 Å². The Balaban J connectivity index is 1.91. The maximum Gasteiger partial charge on any atom is 0.409 e. The lowest BCUT2D eigenvalue weighted by Gasteiger charge is -2.34. The Morgan fingerprint density at radius 3 is 2.33 bits per heavy atom. The van der Waals surface area contributed by atoms with Gasteiger partial charge in [0.05, 0.1) is 16.5 Å². The number of carbonyl (C=O) groups excluding carboxylic acids is 2. The van der Waals surface area contributed by atoms with Crippen molar-refractivity contribution in [3.63, 3.8) is 0 Å². The summed E-state index contributed by atoms with van der Waals surface area (Å²) in [6.07, 6.45) is -0.388. The molecule has 0 N–H and O–H groups in total. The molecule has 1 fully saturated rings. The quantitative estimate of drug-likeness (QED) is 0.800. The van der Waals surface area contributed by atoms with Crippen molar-refractivity contribution in [3.05, 3.63) is 34.9 Å². The smallest absolute Gasteiger partial charge is 0.409 e. The molecular weight excluding hydrogens is 315 g/mol. The SMILES string of the molecule is O=C(OCCCl)N1CCN(C(=O)c2ccccc2Cl)CC1. The number of benzene rings is 1. The van der Waals surface area contributed by atoms with Crippen LogP contribution in [0.1, 0.15) is 10.4 Å². The minimum absolute atomic E-state index is 0.116. The standard InChI is InChI=1S/C14H16Cl2N2O3/c15-5-10-21-14(20)18-8-6-17(7-9-18)13(19)11-3-1-2-4-12(11)16/h1-4H,5-10H2. The van der Waals surface area contributed by atoms with Crippen LogP contribution in [0.15, 0.2) is 24.3 Å². The molecule has 114 valence electrons. The molecular formula is C14H16Cl2N2O3. The fourth-order valence-corrected chi connectivity index (χ4v) is 2.41. The molecule has 0 aliphatic carbocycles. The summed E-state index contributed by atoms with van der Waals surface area (Å²) < 4.78 is 4.96. The third-order valence-electron chi connectivity index (χ3n) is 3.23. The number of ether oxygens (including phenoxy) is 1. The maximum atomic E-state index is 12.4. The van der Waals surface area contributed by atoms with E-state index in [4.69, 9.17) is 27.9 Å². The number of hydrogen-bond donors (Lipinski definition) is 0. The molecule has 1 aliphatic rings. The second-order valence-corrected chi connectivity index (χ2v) is 5.35. The lowest BCUT2D eigenvalue weighted by molar-refractivity contribution is 0.0572. The molecule has 21 heavy (non-hydrogen) atoms. The van der Waals surface area contributed by atoms with Crippen molar-refractivity contribution in [2.45, 2.75) is 0 Å². The van der Waals surface area contributed by atoms with Crippen LogP contribution in [0.25, 0.3) is 0 Å². The van der Waals surface area contributed by atoms with Gasteiger partial charge >= 0.3 is 6.09 Å². The molecule has 0 saturated carbocycles. The molecule has 0 radical (unpaired) electrons. The van der Waals surface area contributed by atoms with Crippen LogP contribution in [0.4, 0.5) is 4.79 Å². The van der Waals surface area contributed by atoms with E-state index in [2.05, 4.69) is 0 Å². The Morgan fingerprint density at radius 2 is 1.71 bits per heavy atom. The molecule has 5 nitrogen and oxygen atoms in total. The summed E-state index contributed by atoms with van der Waals surface area (Å²) in [5.41, 5.74) is 0.484. The zero-order valence-electron chi connectivity index (χ0n) is 11.4. The number of rotatable bonds is 3. The number of piperazine rings is 1. The predicted molar refractivity (Wildman–Crippen MR) is 81.0 cm³/mol. The van der Waals surface area contributed by atoms with Gasteiger partial charge in [0.15, 0.2) is 0 Å². The fraction of sp³-hybridized carbons (Fsp3) is 0.429. The maximum absolute atomic E-state index is 12.4. The van der Waals surface area contributed by atoms with Crippen molar-refractivity contribution >= 4 is 35.2 Å². The number of carbonyl (C=O) groups is 2. The predicted octanol–water partition coefficient (Wildman–Crippen LogP) is 2.47. The van der Waals surface area contributed by atoms with Crippen molar-refractivity contribution in [2.24, 2.45) is 0 Å². The summed E-state index contributed by atoms with van der Waals surface area (Å²) in [7, 11) is 0. The molecule has 1 aromatic rings. The highest BCUT2D eigenvalue weighted by molar-refractivity contribution is 6.33. The minimum atomic E-state index is -0.388. The van der Waals surface area contributed by atoms with Gasteiger partial charge < -0.3 is 14.5 Å². The Labute approximate surface area is 133 Å². The minimum Gasteiger partial charge on any atom is -0.448 e. The van der Waals surface area contributed by atoms with E-state index in [-0.39, 0.29) is 24.5 Å². The Hall–Kier alpha value is -1.46. The van der Waals surface area contributed by atoms with Crippen molar-refractivity contribution in [3.8, 4) is 0 Å². The first-order valence-corrected chi connectivity index (χ1v) is 7.56. The van der Waals surface area contributed by atoms with Crippen LogP contribution in [0.2, 0.25) is 5.02 Å². The Kier molecular flexibility index (Phi) is 5.70. The zero-order valence-corrected chi connectivity index (χ0v) is 12.9. The molecule has 2 rings (SSSR count). The summed E-state index contributed by atoms with van der Waals surface area (Å²) in [6.45, 7) is 1.99.